The van der Waals surface area contributed by atoms with Gasteiger partial charge in [-0.2, -0.15) is 0 Å². The van der Waals surface area contributed by atoms with Gasteiger partial charge >= 0.3 is 6.09 Å². The number of benzene rings is 3. The molecule has 0 radical (unpaired) electrons. The Bertz CT molecular complexity index is 1390. The first kappa shape index (κ1) is 30.3. The van der Waals surface area contributed by atoms with Gasteiger partial charge in [0.1, 0.15) is 6.61 Å². The molecule has 9 heteroatoms. The number of hydrogen-bond acceptors (Lipinski definition) is 6. The topological polar surface area (TPSA) is 94.2 Å². The number of rotatable bonds is 12. The van der Waals surface area contributed by atoms with E-state index >= 15 is 0 Å². The molecule has 1 heterocycles. The number of nitrogens with zero attached hydrogens (tertiary/aromatic N) is 3. The van der Waals surface area contributed by atoms with Crippen molar-refractivity contribution in [1.29, 1.82) is 0 Å². The minimum Gasteiger partial charge on any atom is -0.446 e. The summed E-state index contributed by atoms with van der Waals surface area (Å²) >= 11 is 0. The predicted octanol–water partition coefficient (Wildman–Crippen LogP) is 5.55. The van der Waals surface area contributed by atoms with Gasteiger partial charge in [0.25, 0.3) is 5.91 Å². The molecule has 0 spiro atoms. The summed E-state index contributed by atoms with van der Waals surface area (Å²) in [6.45, 7) is 2.44. The second kappa shape index (κ2) is 14.8. The van der Waals surface area contributed by atoms with Crippen LogP contribution >= 0.6 is 0 Å². The Morgan fingerprint density at radius 2 is 1.65 bits per heavy atom. The van der Waals surface area contributed by atoms with Crippen LogP contribution in [0, 0.1) is 0 Å². The van der Waals surface area contributed by atoms with Crippen molar-refractivity contribution in [3.63, 3.8) is 0 Å². The maximum Gasteiger partial charge on any atom is 0.429 e. The monoisotopic (exact) mass is 583 g/mol. The van der Waals surface area contributed by atoms with Crippen molar-refractivity contribution in [3.8, 4) is 11.1 Å². The van der Waals surface area contributed by atoms with Crippen LogP contribution in [0.3, 0.4) is 0 Å². The Balaban J connectivity index is 1.19. The number of ether oxygens (including phenoxy) is 1. The van der Waals surface area contributed by atoms with Crippen LogP contribution in [0.2, 0.25) is 0 Å². The Hall–Kier alpha value is -4.21. The van der Waals surface area contributed by atoms with E-state index in [1.54, 1.807) is 36.3 Å². The summed E-state index contributed by atoms with van der Waals surface area (Å²) in [4.78, 5) is 40.6. The average molecular weight is 584 g/mol. The minimum atomic E-state index is -0.466. The van der Waals surface area contributed by atoms with Crippen LogP contribution in [0.5, 0.6) is 0 Å². The van der Waals surface area contributed by atoms with Crippen LogP contribution in [0.4, 0.5) is 16.2 Å². The Morgan fingerprint density at radius 1 is 0.907 bits per heavy atom. The Labute approximate surface area is 253 Å². The van der Waals surface area contributed by atoms with Gasteiger partial charge in [0, 0.05) is 56.0 Å². The fraction of sp³-hybridized carbons (Fsp3) is 0.382. The molecule has 3 aromatic rings. The van der Waals surface area contributed by atoms with Crippen LogP contribution in [0.25, 0.3) is 11.1 Å². The highest BCUT2D eigenvalue weighted by atomic mass is 16.6. The third kappa shape index (κ3) is 8.43. The van der Waals surface area contributed by atoms with E-state index in [2.05, 4.69) is 15.6 Å². The zero-order valence-electron chi connectivity index (χ0n) is 24.8. The number of anilines is 2. The molecule has 1 saturated heterocycles. The normalized spacial score (nSPS) is 15.0. The standard InChI is InChI=1S/C34H41N5O4/c1-37(33(41)27-13-10-14-29(25-27)36-32(40)19-20-35-28-17-18-28)23-24-43-34(42)39(38-21-8-3-9-22-38)31-16-7-6-15-30(31)26-11-4-2-5-12-26/h2,4-7,10-16,25,28,35H,3,8-9,17-24H2,1H3,(H,36,40). The second-order valence-corrected chi connectivity index (χ2v) is 11.2. The fourth-order valence-corrected chi connectivity index (χ4v) is 5.25. The Morgan fingerprint density at radius 3 is 2.42 bits per heavy atom. The number of nitrogens with one attached hydrogen (secondary N) is 2. The summed E-state index contributed by atoms with van der Waals surface area (Å²) in [5, 5.41) is 9.92. The first-order valence-corrected chi connectivity index (χ1v) is 15.2. The van der Waals surface area contributed by atoms with Gasteiger partial charge in [-0.05, 0) is 55.5 Å². The lowest BCUT2D eigenvalue weighted by Crippen LogP contribution is -2.50. The van der Waals surface area contributed by atoms with E-state index < -0.39 is 6.09 Å². The second-order valence-electron chi connectivity index (χ2n) is 11.2. The van der Waals surface area contributed by atoms with E-state index in [9.17, 15) is 14.4 Å². The van der Waals surface area contributed by atoms with Gasteiger partial charge in [0.2, 0.25) is 5.91 Å². The van der Waals surface area contributed by atoms with Gasteiger partial charge in [-0.15, -0.1) is 0 Å². The smallest absolute Gasteiger partial charge is 0.429 e. The molecule has 0 bridgehead atoms. The number of amides is 3. The molecule has 1 aliphatic carbocycles. The molecule has 1 aliphatic heterocycles. The fourth-order valence-electron chi connectivity index (χ4n) is 5.25. The van der Waals surface area contributed by atoms with E-state index in [1.807, 2.05) is 54.6 Å². The molecule has 9 nitrogen and oxygen atoms in total. The van der Waals surface area contributed by atoms with Crippen molar-refractivity contribution in [3.05, 3.63) is 84.4 Å². The summed E-state index contributed by atoms with van der Waals surface area (Å²) in [6.07, 6.45) is 5.41. The third-order valence-corrected chi connectivity index (χ3v) is 7.76. The molecule has 3 aromatic carbocycles. The number of hydrogen-bond donors (Lipinski definition) is 2. The zero-order valence-corrected chi connectivity index (χ0v) is 24.8. The van der Waals surface area contributed by atoms with E-state index in [0.717, 1.165) is 49.2 Å². The quantitative estimate of drug-likeness (QED) is 0.290. The van der Waals surface area contributed by atoms with E-state index in [-0.39, 0.29) is 25.0 Å². The van der Waals surface area contributed by atoms with Crippen molar-refractivity contribution >= 4 is 29.3 Å². The minimum absolute atomic E-state index is 0.0450. The molecule has 0 atom stereocenters. The van der Waals surface area contributed by atoms with Crippen LogP contribution < -0.4 is 15.6 Å². The average Bonchev–Trinajstić information content (AvgIpc) is 3.87. The van der Waals surface area contributed by atoms with E-state index in [4.69, 9.17) is 4.74 Å². The number of piperidine rings is 1. The van der Waals surface area contributed by atoms with Gasteiger partial charge in [0.05, 0.1) is 12.2 Å². The summed E-state index contributed by atoms with van der Waals surface area (Å²) in [6, 6.07) is 25.3. The molecule has 43 heavy (non-hydrogen) atoms. The number of carbonyl (C=O) groups excluding carboxylic acids is 3. The lowest BCUT2D eigenvalue weighted by atomic mass is 10.0. The third-order valence-electron chi connectivity index (χ3n) is 7.76. The van der Waals surface area contributed by atoms with Crippen molar-refractivity contribution in [2.24, 2.45) is 0 Å². The highest BCUT2D eigenvalue weighted by molar-refractivity contribution is 5.97. The van der Waals surface area contributed by atoms with E-state index in [1.165, 1.54) is 17.7 Å². The highest BCUT2D eigenvalue weighted by Gasteiger charge is 2.28. The molecule has 226 valence electrons. The van der Waals surface area contributed by atoms with E-state index in [0.29, 0.717) is 30.3 Å². The van der Waals surface area contributed by atoms with Gasteiger partial charge in [-0.25, -0.2) is 14.8 Å². The number of hydrazine groups is 1. The summed E-state index contributed by atoms with van der Waals surface area (Å²) in [5.74, 6) is -0.310. The van der Waals surface area contributed by atoms with Gasteiger partial charge < -0.3 is 20.3 Å². The number of likely N-dealkylation sites (N-methyl/N-ethyl adjacent to an activating group) is 1. The molecule has 2 aliphatic rings. The lowest BCUT2D eigenvalue weighted by molar-refractivity contribution is -0.116. The van der Waals surface area contributed by atoms with Crippen molar-refractivity contribution < 1.29 is 19.1 Å². The first-order chi connectivity index (χ1) is 21.0. The molecule has 2 fully saturated rings. The van der Waals surface area contributed by atoms with Crippen LogP contribution in [0.15, 0.2) is 78.9 Å². The van der Waals surface area contributed by atoms with Crippen LogP contribution in [0.1, 0.15) is 48.9 Å². The zero-order chi connectivity index (χ0) is 30.0. The summed E-state index contributed by atoms with van der Waals surface area (Å²) in [7, 11) is 1.68. The maximum atomic E-state index is 13.6. The van der Waals surface area contributed by atoms with Gasteiger partial charge in [-0.3, -0.25) is 9.59 Å². The molecule has 0 unspecified atom stereocenters. The molecule has 3 amide bonds. The molecular weight excluding hydrogens is 542 g/mol. The molecular formula is C34H41N5O4. The van der Waals surface area contributed by atoms with Crippen molar-refractivity contribution in [2.45, 2.75) is 44.6 Å². The molecule has 1 saturated carbocycles. The summed E-state index contributed by atoms with van der Waals surface area (Å²) < 4.78 is 5.78. The predicted molar refractivity (Wildman–Crippen MR) is 169 cm³/mol. The van der Waals surface area contributed by atoms with Gasteiger partial charge in [-0.1, -0.05) is 61.0 Å². The number of carbonyl (C=O) groups is 3. The lowest BCUT2D eigenvalue weighted by Gasteiger charge is -2.37. The van der Waals surface area contributed by atoms with Crippen molar-refractivity contribution in [2.75, 3.05) is 50.2 Å². The number of para-hydroxylation sites is 1. The highest BCUT2D eigenvalue weighted by Crippen LogP contribution is 2.33. The summed E-state index contributed by atoms with van der Waals surface area (Å²) in [5.41, 5.74) is 3.77. The van der Waals surface area contributed by atoms with Crippen LogP contribution in [-0.4, -0.2) is 73.7 Å². The van der Waals surface area contributed by atoms with Gasteiger partial charge in [0.15, 0.2) is 0 Å². The largest absolute Gasteiger partial charge is 0.446 e. The molecule has 0 aromatic heterocycles. The van der Waals surface area contributed by atoms with Crippen LogP contribution in [-0.2, 0) is 9.53 Å². The SMILES string of the molecule is CN(CCOC(=O)N(c1ccccc1-c1ccccc1)N1CCCCC1)C(=O)c1cccc(NC(=O)CCNC2CC2)c1. The molecule has 2 N–H and O–H groups in total. The molecule has 5 rings (SSSR count). The first-order valence-electron chi connectivity index (χ1n) is 15.2. The maximum absolute atomic E-state index is 13.6. The van der Waals surface area contributed by atoms with Crippen molar-refractivity contribution in [1.82, 2.24) is 15.2 Å². The Kier molecular flexibility index (Phi) is 10.4.